The van der Waals surface area contributed by atoms with Gasteiger partial charge in [0.1, 0.15) is 0 Å². The third-order valence-corrected chi connectivity index (χ3v) is 6.38. The Morgan fingerprint density at radius 2 is 0.679 bits per heavy atom. The van der Waals surface area contributed by atoms with Crippen molar-refractivity contribution in [3.05, 3.63) is 0 Å². The van der Waals surface area contributed by atoms with Gasteiger partial charge in [0.25, 0.3) is 0 Å². The summed E-state index contributed by atoms with van der Waals surface area (Å²) in [5, 5.41) is 0. The van der Waals surface area contributed by atoms with Crippen molar-refractivity contribution in [2.45, 2.75) is 155 Å². The molecule has 0 aliphatic rings. The number of hydrogen-bond donors (Lipinski definition) is 0. The van der Waals surface area contributed by atoms with E-state index in [1.807, 2.05) is 6.92 Å². The van der Waals surface area contributed by atoms with E-state index in [2.05, 4.69) is 13.8 Å². The van der Waals surface area contributed by atoms with E-state index in [-0.39, 0.29) is 0 Å². The Morgan fingerprint density at radius 1 is 0.393 bits per heavy atom. The summed E-state index contributed by atoms with van der Waals surface area (Å²) < 4.78 is 42.3. The van der Waals surface area contributed by atoms with Gasteiger partial charge in [0.05, 0.1) is 5.41 Å². The molecule has 0 saturated heterocycles. The van der Waals surface area contributed by atoms with Gasteiger partial charge in [-0.2, -0.15) is 13.2 Å². The lowest BCUT2D eigenvalue weighted by atomic mass is 9.73. The lowest BCUT2D eigenvalue weighted by Gasteiger charge is -2.36. The molecule has 0 radical (unpaired) electrons. The molecule has 0 aliphatic heterocycles. The van der Waals surface area contributed by atoms with Gasteiger partial charge in [0, 0.05) is 0 Å². The smallest absolute Gasteiger partial charge is 0.171 e. The minimum Gasteiger partial charge on any atom is -0.171 e. The van der Waals surface area contributed by atoms with E-state index in [9.17, 15) is 13.2 Å². The van der Waals surface area contributed by atoms with Gasteiger partial charge in [-0.25, -0.2) is 0 Å². The van der Waals surface area contributed by atoms with Crippen LogP contribution in [-0.2, 0) is 0 Å². The number of halogens is 3. The van der Waals surface area contributed by atoms with Crippen molar-refractivity contribution in [2.24, 2.45) is 5.41 Å². The van der Waals surface area contributed by atoms with Gasteiger partial charge in [-0.3, -0.25) is 0 Å². The fourth-order valence-electron chi connectivity index (χ4n) is 4.33. The van der Waals surface area contributed by atoms with E-state index in [4.69, 9.17) is 0 Å². The topological polar surface area (TPSA) is 0 Å². The van der Waals surface area contributed by atoms with E-state index in [0.717, 1.165) is 44.9 Å². The maximum atomic E-state index is 14.1. The van der Waals surface area contributed by atoms with E-state index in [1.165, 1.54) is 57.8 Å². The molecule has 170 valence electrons. The number of alkyl halides is 3. The fourth-order valence-corrected chi connectivity index (χ4v) is 4.33. The van der Waals surface area contributed by atoms with E-state index in [1.54, 1.807) is 0 Å². The summed E-state index contributed by atoms with van der Waals surface area (Å²) in [5.74, 6) is 0. The predicted molar refractivity (Wildman–Crippen MR) is 118 cm³/mol. The third kappa shape index (κ3) is 13.1. The molecule has 0 rings (SSSR count). The van der Waals surface area contributed by atoms with Crippen molar-refractivity contribution < 1.29 is 13.2 Å². The molecule has 1 atom stereocenters. The standard InChI is InChI=1S/C25H49F3/c1-4-7-10-12-14-16-18-20-23-24(21-9-6-3,25(26,27)28)22-19-17-15-13-11-8-5-2/h4-23H2,1-3H3. The first-order chi connectivity index (χ1) is 13.4. The molecule has 0 spiro atoms. The summed E-state index contributed by atoms with van der Waals surface area (Å²) in [6.07, 6.45) is 15.3. The predicted octanol–water partition coefficient (Wildman–Crippen LogP) is 10.4. The van der Waals surface area contributed by atoms with Crippen LogP contribution in [0.4, 0.5) is 13.2 Å². The molecule has 0 saturated carbocycles. The third-order valence-electron chi connectivity index (χ3n) is 6.38. The van der Waals surface area contributed by atoms with Gasteiger partial charge in [0.2, 0.25) is 0 Å². The van der Waals surface area contributed by atoms with Crippen LogP contribution in [-0.4, -0.2) is 6.18 Å². The minimum atomic E-state index is -4.05. The van der Waals surface area contributed by atoms with Crippen LogP contribution in [0.15, 0.2) is 0 Å². The first-order valence-electron chi connectivity index (χ1n) is 12.5. The molecule has 0 aromatic carbocycles. The summed E-state index contributed by atoms with van der Waals surface area (Å²) in [5.41, 5.74) is -1.42. The lowest BCUT2D eigenvalue weighted by Crippen LogP contribution is -2.38. The van der Waals surface area contributed by atoms with E-state index in [0.29, 0.717) is 25.7 Å². The summed E-state index contributed by atoms with van der Waals surface area (Å²) in [4.78, 5) is 0. The first-order valence-corrected chi connectivity index (χ1v) is 12.5. The zero-order chi connectivity index (χ0) is 21.1. The second kappa shape index (κ2) is 17.6. The molecule has 3 heteroatoms. The highest BCUT2D eigenvalue weighted by Gasteiger charge is 2.52. The molecular weight excluding hydrogens is 357 g/mol. The maximum absolute atomic E-state index is 14.1. The molecule has 0 bridgehead atoms. The molecule has 28 heavy (non-hydrogen) atoms. The maximum Gasteiger partial charge on any atom is 0.394 e. The van der Waals surface area contributed by atoms with Gasteiger partial charge in [-0.05, 0) is 19.3 Å². The average molecular weight is 407 g/mol. The van der Waals surface area contributed by atoms with Crippen molar-refractivity contribution in [3.8, 4) is 0 Å². The summed E-state index contributed by atoms with van der Waals surface area (Å²) in [6.45, 7) is 6.40. The van der Waals surface area contributed by atoms with Crippen molar-refractivity contribution in [1.29, 1.82) is 0 Å². The van der Waals surface area contributed by atoms with Crippen molar-refractivity contribution >= 4 is 0 Å². The van der Waals surface area contributed by atoms with Crippen molar-refractivity contribution in [3.63, 3.8) is 0 Å². The lowest BCUT2D eigenvalue weighted by molar-refractivity contribution is -0.233. The van der Waals surface area contributed by atoms with Crippen LogP contribution in [0.2, 0.25) is 0 Å². The molecular formula is C25H49F3. The molecule has 0 N–H and O–H groups in total. The van der Waals surface area contributed by atoms with E-state index >= 15 is 0 Å². The molecule has 0 aromatic rings. The molecule has 0 aliphatic carbocycles. The van der Waals surface area contributed by atoms with Crippen LogP contribution in [0.25, 0.3) is 0 Å². The van der Waals surface area contributed by atoms with Gasteiger partial charge in [0.15, 0.2) is 0 Å². The monoisotopic (exact) mass is 406 g/mol. The first kappa shape index (κ1) is 27.8. The SMILES string of the molecule is CCCCCCCCCCC(CCCC)(CCCCCCCCC)C(F)(F)F. The zero-order valence-electron chi connectivity index (χ0n) is 19.3. The van der Waals surface area contributed by atoms with Crippen LogP contribution in [0.1, 0.15) is 149 Å². The summed E-state index contributed by atoms with van der Waals surface area (Å²) in [7, 11) is 0. The van der Waals surface area contributed by atoms with Gasteiger partial charge in [-0.15, -0.1) is 0 Å². The Bertz CT molecular complexity index is 324. The van der Waals surface area contributed by atoms with Crippen LogP contribution in [0.5, 0.6) is 0 Å². The van der Waals surface area contributed by atoms with Crippen molar-refractivity contribution in [2.75, 3.05) is 0 Å². The minimum absolute atomic E-state index is 0.333. The Kier molecular flexibility index (Phi) is 17.5. The molecule has 1 unspecified atom stereocenters. The van der Waals surface area contributed by atoms with Crippen LogP contribution >= 0.6 is 0 Å². The Morgan fingerprint density at radius 3 is 1.00 bits per heavy atom. The molecule has 0 aromatic heterocycles. The van der Waals surface area contributed by atoms with Crippen LogP contribution in [0.3, 0.4) is 0 Å². The molecule has 0 nitrogen and oxygen atoms in total. The van der Waals surface area contributed by atoms with Gasteiger partial charge < -0.3 is 0 Å². The number of unbranched alkanes of at least 4 members (excludes halogenated alkanes) is 14. The zero-order valence-corrected chi connectivity index (χ0v) is 19.3. The van der Waals surface area contributed by atoms with Crippen LogP contribution in [0, 0.1) is 5.41 Å². The Labute approximate surface area is 174 Å². The Balaban J connectivity index is 4.41. The second-order valence-electron chi connectivity index (χ2n) is 8.98. The van der Waals surface area contributed by atoms with Crippen LogP contribution < -0.4 is 0 Å². The second-order valence-corrected chi connectivity index (χ2v) is 8.98. The largest absolute Gasteiger partial charge is 0.394 e. The summed E-state index contributed by atoms with van der Waals surface area (Å²) >= 11 is 0. The fraction of sp³-hybridized carbons (Fsp3) is 1.00. The normalized spacial score (nSPS) is 14.4. The average Bonchev–Trinajstić information content (AvgIpc) is 2.65. The molecule has 0 fully saturated rings. The summed E-state index contributed by atoms with van der Waals surface area (Å²) in [6, 6.07) is 0. The molecule has 0 amide bonds. The highest BCUT2D eigenvalue weighted by atomic mass is 19.4. The van der Waals surface area contributed by atoms with Crippen molar-refractivity contribution in [1.82, 2.24) is 0 Å². The quantitative estimate of drug-likeness (QED) is 0.176. The highest BCUT2D eigenvalue weighted by Crippen LogP contribution is 2.50. The Hall–Kier alpha value is -0.210. The van der Waals surface area contributed by atoms with Gasteiger partial charge >= 0.3 is 6.18 Å². The van der Waals surface area contributed by atoms with E-state index < -0.39 is 11.6 Å². The van der Waals surface area contributed by atoms with Gasteiger partial charge in [-0.1, -0.05) is 130 Å². The molecule has 0 heterocycles. The number of hydrogen-bond acceptors (Lipinski definition) is 0. The number of rotatable bonds is 20. The highest BCUT2D eigenvalue weighted by molar-refractivity contribution is 4.86.